The third-order valence-corrected chi connectivity index (χ3v) is 5.22. The zero-order chi connectivity index (χ0) is 21.0. The van der Waals surface area contributed by atoms with Gasteiger partial charge in [0.05, 0.1) is 23.8 Å². The van der Waals surface area contributed by atoms with E-state index in [4.69, 9.17) is 0 Å². The monoisotopic (exact) mass is 390 g/mol. The Labute approximate surface area is 170 Å². The quantitative estimate of drug-likeness (QED) is 0.672. The van der Waals surface area contributed by atoms with Crippen LogP contribution in [0.4, 0.5) is 11.4 Å². The van der Waals surface area contributed by atoms with Crippen molar-refractivity contribution in [3.8, 4) is 0 Å². The number of carbonyl (C=O) groups is 2. The van der Waals surface area contributed by atoms with E-state index in [2.05, 4.69) is 15.6 Å². The van der Waals surface area contributed by atoms with Gasteiger partial charge in [0.25, 0.3) is 0 Å². The molecule has 0 aliphatic carbocycles. The Kier molecular flexibility index (Phi) is 6.24. The van der Waals surface area contributed by atoms with E-state index < -0.39 is 6.04 Å². The minimum absolute atomic E-state index is 0.110. The lowest BCUT2D eigenvalue weighted by Gasteiger charge is -2.24. The number of aromatic nitrogens is 1. The van der Waals surface area contributed by atoms with Crippen LogP contribution in [0.25, 0.3) is 10.9 Å². The lowest BCUT2D eigenvalue weighted by atomic mass is 10.1. The molecule has 150 valence electrons. The summed E-state index contributed by atoms with van der Waals surface area (Å²) < 4.78 is 0. The van der Waals surface area contributed by atoms with E-state index in [1.165, 1.54) is 0 Å². The molecule has 3 rings (SSSR count). The number of carbonyl (C=O) groups excluding carboxylic acids is 2. The van der Waals surface area contributed by atoms with Crippen LogP contribution in [0.15, 0.2) is 54.7 Å². The molecule has 6 nitrogen and oxygen atoms in total. The van der Waals surface area contributed by atoms with Gasteiger partial charge in [-0.25, -0.2) is 0 Å². The van der Waals surface area contributed by atoms with Crippen molar-refractivity contribution in [2.45, 2.75) is 26.8 Å². The Hall–Kier alpha value is -3.25. The van der Waals surface area contributed by atoms with Crippen molar-refractivity contribution in [2.75, 3.05) is 24.2 Å². The smallest absolute Gasteiger partial charge is 0.241 e. The van der Waals surface area contributed by atoms with Gasteiger partial charge >= 0.3 is 0 Å². The third kappa shape index (κ3) is 4.78. The molecule has 1 aromatic heterocycles. The molecule has 0 aliphatic heterocycles. The van der Waals surface area contributed by atoms with Crippen LogP contribution in [0.2, 0.25) is 0 Å². The van der Waals surface area contributed by atoms with Gasteiger partial charge in [-0.1, -0.05) is 18.2 Å². The molecule has 0 radical (unpaired) electrons. The van der Waals surface area contributed by atoms with Crippen molar-refractivity contribution in [1.29, 1.82) is 0 Å². The maximum atomic E-state index is 12.7. The number of nitrogens with one attached hydrogen (secondary N) is 2. The molecule has 0 spiro atoms. The van der Waals surface area contributed by atoms with Crippen molar-refractivity contribution in [3.63, 3.8) is 0 Å². The number of fused-ring (bicyclic) bond motifs is 1. The summed E-state index contributed by atoms with van der Waals surface area (Å²) in [7, 11) is 1.76. The average Bonchev–Trinajstić information content (AvgIpc) is 2.71. The summed E-state index contributed by atoms with van der Waals surface area (Å²) in [5.41, 5.74) is 4.48. The number of pyridine rings is 1. The average molecular weight is 390 g/mol. The number of nitrogens with zero attached hydrogens (tertiary/aromatic N) is 2. The molecule has 0 saturated heterocycles. The highest BCUT2D eigenvalue weighted by Gasteiger charge is 2.21. The molecule has 0 bridgehead atoms. The first kappa shape index (κ1) is 20.5. The van der Waals surface area contributed by atoms with Crippen LogP contribution in [0.1, 0.15) is 18.1 Å². The van der Waals surface area contributed by atoms with E-state index in [-0.39, 0.29) is 18.4 Å². The molecule has 2 aromatic carbocycles. The summed E-state index contributed by atoms with van der Waals surface area (Å²) in [4.78, 5) is 31.2. The van der Waals surface area contributed by atoms with Crippen molar-refractivity contribution >= 4 is 34.1 Å². The molecule has 3 aromatic rings. The van der Waals surface area contributed by atoms with Crippen molar-refractivity contribution in [1.82, 2.24) is 9.88 Å². The van der Waals surface area contributed by atoms with Crippen LogP contribution in [-0.2, 0) is 9.59 Å². The standard InChI is InChI=1S/C23H26N4O2/c1-15-8-5-10-19(16(15)2)25-22(28)14-27(4)17(3)23(29)26-21-12-6-11-20-18(21)9-7-13-24-20/h5-13,17H,14H2,1-4H3,(H,25,28)(H,26,29). The van der Waals surface area contributed by atoms with Gasteiger partial charge < -0.3 is 10.6 Å². The Morgan fingerprint density at radius 2 is 1.72 bits per heavy atom. The molecule has 2 N–H and O–H groups in total. The van der Waals surface area contributed by atoms with E-state index in [0.717, 1.165) is 27.7 Å². The Bertz CT molecular complexity index is 1040. The van der Waals surface area contributed by atoms with E-state index in [1.54, 1.807) is 25.1 Å². The fraction of sp³-hybridized carbons (Fsp3) is 0.261. The first-order valence-electron chi connectivity index (χ1n) is 9.57. The first-order valence-corrected chi connectivity index (χ1v) is 9.57. The summed E-state index contributed by atoms with van der Waals surface area (Å²) in [6.45, 7) is 5.87. The van der Waals surface area contributed by atoms with Gasteiger partial charge in [-0.2, -0.15) is 0 Å². The molecular weight excluding hydrogens is 364 g/mol. The lowest BCUT2D eigenvalue weighted by Crippen LogP contribution is -2.43. The van der Waals surface area contributed by atoms with Gasteiger partial charge in [-0.3, -0.25) is 19.5 Å². The van der Waals surface area contributed by atoms with Gasteiger partial charge in [0, 0.05) is 17.3 Å². The number of hydrogen-bond donors (Lipinski definition) is 2. The molecule has 2 amide bonds. The van der Waals surface area contributed by atoms with Crippen LogP contribution in [0, 0.1) is 13.8 Å². The van der Waals surface area contributed by atoms with Crippen molar-refractivity contribution in [2.24, 2.45) is 0 Å². The molecule has 29 heavy (non-hydrogen) atoms. The van der Waals surface area contributed by atoms with E-state index >= 15 is 0 Å². The van der Waals surface area contributed by atoms with Crippen LogP contribution in [0.5, 0.6) is 0 Å². The van der Waals surface area contributed by atoms with Gasteiger partial charge in [0.2, 0.25) is 11.8 Å². The first-order chi connectivity index (χ1) is 13.9. The van der Waals surface area contributed by atoms with Gasteiger partial charge in [-0.05, 0) is 69.3 Å². The van der Waals surface area contributed by atoms with Gasteiger partial charge in [-0.15, -0.1) is 0 Å². The summed E-state index contributed by atoms with van der Waals surface area (Å²) in [6.07, 6.45) is 1.72. The molecule has 1 unspecified atom stereocenters. The van der Waals surface area contributed by atoms with Crippen molar-refractivity contribution in [3.05, 3.63) is 65.9 Å². The molecular formula is C23H26N4O2. The Morgan fingerprint density at radius 3 is 2.52 bits per heavy atom. The minimum atomic E-state index is -0.480. The molecule has 6 heteroatoms. The van der Waals surface area contributed by atoms with Crippen molar-refractivity contribution < 1.29 is 9.59 Å². The normalized spacial score (nSPS) is 12.0. The second kappa shape index (κ2) is 8.84. The van der Waals surface area contributed by atoms with E-state index in [0.29, 0.717) is 5.69 Å². The maximum absolute atomic E-state index is 12.7. The molecule has 1 heterocycles. The largest absolute Gasteiger partial charge is 0.325 e. The number of rotatable bonds is 6. The second-order valence-electron chi connectivity index (χ2n) is 7.25. The summed E-state index contributed by atoms with van der Waals surface area (Å²) in [6, 6.07) is 14.7. The number of amides is 2. The Morgan fingerprint density at radius 1 is 1.00 bits per heavy atom. The molecule has 0 fully saturated rings. The van der Waals surface area contributed by atoms with E-state index in [9.17, 15) is 9.59 Å². The third-order valence-electron chi connectivity index (χ3n) is 5.22. The summed E-state index contributed by atoms with van der Waals surface area (Å²) >= 11 is 0. The lowest BCUT2D eigenvalue weighted by molar-refractivity contribution is -0.122. The minimum Gasteiger partial charge on any atom is -0.325 e. The zero-order valence-electron chi connectivity index (χ0n) is 17.2. The van der Waals surface area contributed by atoms with Gasteiger partial charge in [0.15, 0.2) is 0 Å². The SMILES string of the molecule is Cc1cccc(NC(=O)CN(C)C(C)C(=O)Nc2cccc3ncccc23)c1C. The maximum Gasteiger partial charge on any atom is 0.241 e. The van der Waals surface area contributed by atoms with Crippen LogP contribution in [0.3, 0.4) is 0 Å². The number of likely N-dealkylation sites (N-methyl/N-ethyl adjacent to an activating group) is 1. The van der Waals surface area contributed by atoms with Gasteiger partial charge in [0.1, 0.15) is 0 Å². The number of anilines is 2. The van der Waals surface area contributed by atoms with E-state index in [1.807, 2.05) is 62.4 Å². The summed E-state index contributed by atoms with van der Waals surface area (Å²) in [5, 5.41) is 6.76. The number of aryl methyl sites for hydroxylation is 1. The molecule has 0 saturated carbocycles. The number of benzene rings is 2. The highest BCUT2D eigenvalue weighted by molar-refractivity contribution is 6.03. The predicted octanol–water partition coefficient (Wildman–Crippen LogP) is 3.75. The highest BCUT2D eigenvalue weighted by atomic mass is 16.2. The van der Waals surface area contributed by atoms with Crippen LogP contribution in [-0.4, -0.2) is 41.3 Å². The second-order valence-corrected chi connectivity index (χ2v) is 7.25. The number of hydrogen-bond acceptors (Lipinski definition) is 4. The molecule has 1 atom stereocenters. The highest BCUT2D eigenvalue weighted by Crippen LogP contribution is 2.22. The Balaban J connectivity index is 1.63. The predicted molar refractivity (Wildman–Crippen MR) is 117 cm³/mol. The fourth-order valence-corrected chi connectivity index (χ4v) is 3.09. The topological polar surface area (TPSA) is 74.3 Å². The molecule has 0 aliphatic rings. The zero-order valence-corrected chi connectivity index (χ0v) is 17.2. The van der Waals surface area contributed by atoms with Crippen LogP contribution >= 0.6 is 0 Å². The van der Waals surface area contributed by atoms with Crippen LogP contribution < -0.4 is 10.6 Å². The summed E-state index contributed by atoms with van der Waals surface area (Å²) in [5.74, 6) is -0.335. The fourth-order valence-electron chi connectivity index (χ4n) is 3.09.